The summed E-state index contributed by atoms with van der Waals surface area (Å²) in [5, 5.41) is 31.5. The molecule has 0 heterocycles. The van der Waals surface area contributed by atoms with Crippen LogP contribution in [0.25, 0.3) is 21.5 Å². The molecule has 15 nitrogen and oxygen atoms in total. The number of rotatable bonds is 8. The predicted octanol–water partition coefficient (Wildman–Crippen LogP) is 6.05. The van der Waals surface area contributed by atoms with Crippen LogP contribution in [0.2, 0.25) is 0 Å². The van der Waals surface area contributed by atoms with Crippen molar-refractivity contribution in [3.8, 4) is 11.5 Å². The highest BCUT2D eigenvalue weighted by molar-refractivity contribution is 7.86. The first-order valence-corrected chi connectivity index (χ1v) is 17.8. The maximum absolute atomic E-state index is 13.0. The third-order valence-electron chi connectivity index (χ3n) is 7.76. The first-order valence-electron chi connectivity index (χ1n) is 15.0. The molecule has 17 heteroatoms. The third kappa shape index (κ3) is 7.32. The van der Waals surface area contributed by atoms with Crippen LogP contribution >= 0.6 is 0 Å². The highest BCUT2D eigenvalue weighted by atomic mass is 32.2. The molecule has 0 aliphatic rings. The number of carbonyl (C=O) groups excluding carboxylic acids is 3. The molecule has 0 spiro atoms. The summed E-state index contributed by atoms with van der Waals surface area (Å²) < 4.78 is 68.6. The van der Waals surface area contributed by atoms with Gasteiger partial charge < -0.3 is 31.5 Å². The summed E-state index contributed by atoms with van der Waals surface area (Å²) in [6.45, 7) is 0. The Morgan fingerprint density at radius 3 is 1.17 bits per heavy atom. The van der Waals surface area contributed by atoms with Crippen LogP contribution < -0.4 is 21.3 Å². The number of aromatic hydroxyl groups is 2. The van der Waals surface area contributed by atoms with Crippen LogP contribution in [-0.2, 0) is 20.2 Å². The van der Waals surface area contributed by atoms with Crippen molar-refractivity contribution in [2.24, 2.45) is 0 Å². The minimum atomic E-state index is -4.88. The van der Waals surface area contributed by atoms with E-state index in [1.165, 1.54) is 97.1 Å². The number of hydrogen-bond donors (Lipinski definition) is 8. The van der Waals surface area contributed by atoms with Crippen molar-refractivity contribution >= 4 is 82.4 Å². The average molecular weight is 743 g/mol. The van der Waals surface area contributed by atoms with Gasteiger partial charge in [-0.15, -0.1) is 0 Å². The smallest absolute Gasteiger partial charge is 0.323 e. The van der Waals surface area contributed by atoms with Crippen molar-refractivity contribution in [2.45, 2.75) is 9.79 Å². The van der Waals surface area contributed by atoms with E-state index in [0.29, 0.717) is 10.8 Å². The molecule has 6 rings (SSSR count). The number of fused-ring (bicyclic) bond motifs is 2. The number of phenols is 2. The van der Waals surface area contributed by atoms with E-state index in [4.69, 9.17) is 0 Å². The topological polar surface area (TPSA) is 249 Å². The van der Waals surface area contributed by atoms with Crippen LogP contribution in [0.3, 0.4) is 0 Å². The molecule has 0 aromatic heterocycles. The molecule has 0 saturated carbocycles. The second-order valence-electron chi connectivity index (χ2n) is 11.2. The minimum Gasteiger partial charge on any atom is -0.506 e. The first kappa shape index (κ1) is 35.3. The average Bonchev–Trinajstić information content (AvgIpc) is 3.08. The summed E-state index contributed by atoms with van der Waals surface area (Å²) in [5.74, 6) is -2.81. The SMILES string of the molecule is O=C(Nc1ccc(C(=O)Nc2c(O)cc3ccccc3c2S(=O)(=O)O)cc1)Nc1ccc(C(=O)Nc2c(O)cc3ccccc3c2S(=O)(=O)O)cc1. The molecule has 0 atom stereocenters. The Kier molecular flexibility index (Phi) is 9.26. The molecule has 6 aromatic carbocycles. The van der Waals surface area contributed by atoms with Gasteiger partial charge in [0.25, 0.3) is 32.1 Å². The van der Waals surface area contributed by atoms with Crippen LogP contribution in [0.15, 0.2) is 119 Å². The molecule has 0 radical (unpaired) electrons. The lowest BCUT2D eigenvalue weighted by molar-refractivity contribution is 0.101. The summed E-state index contributed by atoms with van der Waals surface area (Å²) in [5.41, 5.74) is -0.468. The van der Waals surface area contributed by atoms with E-state index in [1.54, 1.807) is 12.1 Å². The van der Waals surface area contributed by atoms with E-state index in [-0.39, 0.29) is 33.3 Å². The van der Waals surface area contributed by atoms with E-state index in [9.17, 15) is 50.5 Å². The first-order chi connectivity index (χ1) is 24.6. The second-order valence-corrected chi connectivity index (χ2v) is 14.0. The number of amides is 4. The largest absolute Gasteiger partial charge is 0.506 e. The van der Waals surface area contributed by atoms with Crippen LogP contribution in [0.5, 0.6) is 11.5 Å². The molecule has 8 N–H and O–H groups in total. The van der Waals surface area contributed by atoms with Crippen LogP contribution in [0, 0.1) is 0 Å². The molecular formula is C35H26N4O11S2. The zero-order chi connectivity index (χ0) is 37.4. The van der Waals surface area contributed by atoms with Crippen molar-refractivity contribution in [3.63, 3.8) is 0 Å². The highest BCUT2D eigenvalue weighted by Gasteiger charge is 2.26. The van der Waals surface area contributed by atoms with Crippen LogP contribution in [0.1, 0.15) is 20.7 Å². The number of urea groups is 1. The van der Waals surface area contributed by atoms with Crippen molar-refractivity contribution in [2.75, 3.05) is 21.3 Å². The van der Waals surface area contributed by atoms with E-state index >= 15 is 0 Å². The molecule has 0 unspecified atom stereocenters. The van der Waals surface area contributed by atoms with Crippen LogP contribution in [0.4, 0.5) is 27.5 Å². The maximum Gasteiger partial charge on any atom is 0.323 e. The minimum absolute atomic E-state index is 0.0226. The fourth-order valence-electron chi connectivity index (χ4n) is 5.45. The number of phenolic OH excluding ortho intramolecular Hbond substituents is 2. The standard InChI is InChI=1S/C35H26N4O11S2/c40-27-17-21-5-1-3-7-25(21)31(51(45,46)47)29(27)38-33(42)19-9-13-23(14-10-19)36-35(44)37-24-15-11-20(12-16-24)34(43)39-30-28(41)18-22-6-2-4-8-26(22)32(30)52(48,49)50/h1-18,40-41H,(H,38,42)(H,39,43)(H2,36,37,44)(H,45,46,47)(H,48,49,50). The van der Waals surface area contributed by atoms with E-state index in [2.05, 4.69) is 21.3 Å². The number of carbonyl (C=O) groups is 3. The van der Waals surface area contributed by atoms with Gasteiger partial charge in [0.2, 0.25) is 0 Å². The van der Waals surface area contributed by atoms with E-state index in [0.717, 1.165) is 0 Å². The van der Waals surface area contributed by atoms with Gasteiger partial charge in [0.1, 0.15) is 32.7 Å². The molecule has 6 aromatic rings. The van der Waals surface area contributed by atoms with Gasteiger partial charge in [0, 0.05) is 33.3 Å². The lowest BCUT2D eigenvalue weighted by Gasteiger charge is -2.14. The number of nitrogens with one attached hydrogen (secondary N) is 4. The van der Waals surface area contributed by atoms with Crippen molar-refractivity contribution in [3.05, 3.63) is 120 Å². The van der Waals surface area contributed by atoms with Gasteiger partial charge in [-0.1, -0.05) is 48.5 Å². The van der Waals surface area contributed by atoms with Gasteiger partial charge in [-0.2, -0.15) is 16.8 Å². The maximum atomic E-state index is 13.0. The monoisotopic (exact) mass is 742 g/mol. The lowest BCUT2D eigenvalue weighted by atomic mass is 10.1. The second kappa shape index (κ2) is 13.6. The Morgan fingerprint density at radius 2 is 0.827 bits per heavy atom. The van der Waals surface area contributed by atoms with Crippen molar-refractivity contribution in [1.82, 2.24) is 0 Å². The molecule has 4 amide bonds. The molecule has 0 saturated heterocycles. The molecule has 0 aliphatic heterocycles. The Hall–Kier alpha value is -6.53. The van der Waals surface area contributed by atoms with E-state index < -0.39 is 70.7 Å². The summed E-state index contributed by atoms with van der Waals surface area (Å²) in [7, 11) is -9.75. The van der Waals surface area contributed by atoms with Gasteiger partial charge >= 0.3 is 6.03 Å². The predicted molar refractivity (Wildman–Crippen MR) is 192 cm³/mol. The number of benzene rings is 6. The van der Waals surface area contributed by atoms with Gasteiger partial charge in [-0.3, -0.25) is 18.7 Å². The van der Waals surface area contributed by atoms with E-state index in [1.807, 2.05) is 0 Å². The Morgan fingerprint density at radius 1 is 0.481 bits per heavy atom. The van der Waals surface area contributed by atoms with Gasteiger partial charge in [-0.05, 0) is 71.4 Å². The molecule has 0 bridgehead atoms. The molecule has 52 heavy (non-hydrogen) atoms. The molecule has 0 fully saturated rings. The van der Waals surface area contributed by atoms with Crippen molar-refractivity contribution in [1.29, 1.82) is 0 Å². The van der Waals surface area contributed by atoms with Gasteiger partial charge in [-0.25, -0.2) is 4.79 Å². The summed E-state index contributed by atoms with van der Waals surface area (Å²) in [6.07, 6.45) is 0. The highest BCUT2D eigenvalue weighted by Crippen LogP contribution is 2.39. The molecule has 264 valence electrons. The normalized spacial score (nSPS) is 11.6. The van der Waals surface area contributed by atoms with Crippen molar-refractivity contribution < 1.29 is 50.5 Å². The Labute approximate surface area is 295 Å². The Balaban J connectivity index is 1.11. The summed E-state index contributed by atoms with van der Waals surface area (Å²) >= 11 is 0. The summed E-state index contributed by atoms with van der Waals surface area (Å²) in [4.78, 5) is 37.3. The fraction of sp³-hybridized carbons (Fsp3) is 0. The molecular weight excluding hydrogens is 717 g/mol. The van der Waals surface area contributed by atoms with Crippen LogP contribution in [-0.4, -0.2) is 54.0 Å². The van der Waals surface area contributed by atoms with Gasteiger partial charge in [0.15, 0.2) is 0 Å². The summed E-state index contributed by atoms with van der Waals surface area (Å²) in [6, 6.07) is 24.8. The zero-order valence-corrected chi connectivity index (χ0v) is 28.0. The fourth-order valence-corrected chi connectivity index (χ4v) is 7.21. The lowest BCUT2D eigenvalue weighted by Crippen LogP contribution is -2.20. The molecule has 0 aliphatic carbocycles. The zero-order valence-electron chi connectivity index (χ0n) is 26.4. The third-order valence-corrected chi connectivity index (χ3v) is 9.64. The Bertz CT molecular complexity index is 2460. The van der Waals surface area contributed by atoms with Gasteiger partial charge in [0.05, 0.1) is 0 Å². The number of hydrogen-bond acceptors (Lipinski definition) is 9. The quantitative estimate of drug-likeness (QED) is 0.0659. The number of anilines is 4.